The van der Waals surface area contributed by atoms with Crippen molar-refractivity contribution in [2.45, 2.75) is 18.9 Å². The Morgan fingerprint density at radius 3 is 3.00 bits per heavy atom. The van der Waals surface area contributed by atoms with Crippen LogP contribution in [0.2, 0.25) is 0 Å². The van der Waals surface area contributed by atoms with Crippen molar-refractivity contribution in [3.63, 3.8) is 0 Å². The molecule has 17 heavy (non-hydrogen) atoms. The van der Waals surface area contributed by atoms with Gasteiger partial charge in [-0.1, -0.05) is 18.2 Å². The third-order valence-corrected chi connectivity index (χ3v) is 3.69. The molecule has 0 aliphatic heterocycles. The van der Waals surface area contributed by atoms with Gasteiger partial charge in [0, 0.05) is 36.1 Å². The molecule has 0 bridgehead atoms. The summed E-state index contributed by atoms with van der Waals surface area (Å²) in [5, 5.41) is 8.36. The van der Waals surface area contributed by atoms with Crippen LogP contribution in [0.15, 0.2) is 24.3 Å². The minimum atomic E-state index is 0.417. The maximum absolute atomic E-state index is 5.14. The van der Waals surface area contributed by atoms with Crippen molar-refractivity contribution in [1.29, 1.82) is 0 Å². The lowest BCUT2D eigenvalue weighted by Gasteiger charge is -2.13. The number of H-pyrrole nitrogens is 1. The van der Waals surface area contributed by atoms with Gasteiger partial charge in [-0.3, -0.25) is 0 Å². The summed E-state index contributed by atoms with van der Waals surface area (Å²) in [7, 11) is 1.85. The van der Waals surface area contributed by atoms with Crippen LogP contribution in [0, 0.1) is 0 Å². The number of hydrogen-bond acceptors (Lipinski definition) is 1. The van der Waals surface area contributed by atoms with Gasteiger partial charge in [0.05, 0.1) is 0 Å². The monoisotopic (exact) mass is 245 g/mol. The third kappa shape index (κ3) is 1.78. The molecule has 3 N–H and O–H groups in total. The lowest BCUT2D eigenvalue weighted by Crippen LogP contribution is -2.40. The average Bonchev–Trinajstić information content (AvgIpc) is 2.85. The normalized spacial score (nSPS) is 18.1. The van der Waals surface area contributed by atoms with Crippen LogP contribution >= 0.6 is 12.2 Å². The smallest absolute Gasteiger partial charge is 0.166 e. The van der Waals surface area contributed by atoms with Crippen LogP contribution in [0.25, 0.3) is 10.9 Å². The highest BCUT2D eigenvalue weighted by Crippen LogP contribution is 2.29. The predicted molar refractivity (Wildman–Crippen MR) is 74.3 cm³/mol. The number of aromatic amines is 1. The summed E-state index contributed by atoms with van der Waals surface area (Å²) in [6, 6.07) is 8.90. The maximum Gasteiger partial charge on any atom is 0.166 e. The van der Waals surface area contributed by atoms with Crippen LogP contribution in [0.1, 0.15) is 11.3 Å². The van der Waals surface area contributed by atoms with Crippen LogP contribution in [-0.2, 0) is 12.8 Å². The van der Waals surface area contributed by atoms with Gasteiger partial charge in [-0.15, -0.1) is 0 Å². The number of benzene rings is 1. The van der Waals surface area contributed by atoms with E-state index < -0.39 is 0 Å². The molecule has 4 heteroatoms. The van der Waals surface area contributed by atoms with Gasteiger partial charge < -0.3 is 15.6 Å². The van der Waals surface area contributed by atoms with Gasteiger partial charge in [-0.05, 0) is 30.3 Å². The molecule has 3 nitrogen and oxygen atoms in total. The van der Waals surface area contributed by atoms with Crippen molar-refractivity contribution < 1.29 is 0 Å². The quantitative estimate of drug-likeness (QED) is 0.670. The van der Waals surface area contributed by atoms with Gasteiger partial charge >= 0.3 is 0 Å². The average molecular weight is 245 g/mol. The zero-order valence-corrected chi connectivity index (χ0v) is 10.5. The summed E-state index contributed by atoms with van der Waals surface area (Å²) >= 11 is 5.14. The van der Waals surface area contributed by atoms with E-state index in [4.69, 9.17) is 12.2 Å². The first-order chi connectivity index (χ1) is 8.28. The molecule has 88 valence electrons. The number of aromatic nitrogens is 1. The molecular weight excluding hydrogens is 230 g/mol. The summed E-state index contributed by atoms with van der Waals surface area (Å²) in [6.07, 6.45) is 2.06. The molecule has 3 rings (SSSR count). The Morgan fingerprint density at radius 1 is 1.35 bits per heavy atom. The summed E-state index contributed by atoms with van der Waals surface area (Å²) in [4.78, 5) is 3.49. The molecule has 1 aromatic carbocycles. The highest BCUT2D eigenvalue weighted by Gasteiger charge is 2.25. The van der Waals surface area contributed by atoms with E-state index in [0.29, 0.717) is 6.04 Å². The second-order valence-corrected chi connectivity index (χ2v) is 4.86. The number of rotatable bonds is 1. The molecule has 1 aromatic heterocycles. The van der Waals surface area contributed by atoms with Crippen LogP contribution in [-0.4, -0.2) is 23.2 Å². The number of nitrogens with one attached hydrogen (secondary N) is 3. The fourth-order valence-electron chi connectivity index (χ4n) is 2.59. The minimum Gasteiger partial charge on any atom is -0.366 e. The Balaban J connectivity index is 1.87. The van der Waals surface area contributed by atoms with E-state index in [1.54, 1.807) is 0 Å². The summed E-state index contributed by atoms with van der Waals surface area (Å²) in [6.45, 7) is 0. The molecule has 0 fully saturated rings. The second kappa shape index (κ2) is 4.04. The third-order valence-electron chi connectivity index (χ3n) is 3.37. The van der Waals surface area contributed by atoms with Gasteiger partial charge in [0.2, 0.25) is 0 Å². The molecule has 2 aromatic rings. The number of hydrogen-bond donors (Lipinski definition) is 3. The molecule has 1 heterocycles. The first-order valence-corrected chi connectivity index (χ1v) is 6.25. The van der Waals surface area contributed by atoms with Gasteiger partial charge in [-0.25, -0.2) is 0 Å². The van der Waals surface area contributed by atoms with Crippen molar-refractivity contribution >= 4 is 28.2 Å². The molecule has 0 radical (unpaired) electrons. The number of fused-ring (bicyclic) bond motifs is 3. The van der Waals surface area contributed by atoms with Gasteiger partial charge in [0.25, 0.3) is 0 Å². The number of thiocarbonyl (C=S) groups is 1. The van der Waals surface area contributed by atoms with E-state index in [1.807, 2.05) is 7.05 Å². The van der Waals surface area contributed by atoms with Crippen molar-refractivity contribution in [1.82, 2.24) is 15.6 Å². The lowest BCUT2D eigenvalue weighted by molar-refractivity contribution is 0.636. The zero-order valence-electron chi connectivity index (χ0n) is 9.71. The molecule has 0 saturated carbocycles. The lowest BCUT2D eigenvalue weighted by atomic mass is 10.1. The van der Waals surface area contributed by atoms with E-state index >= 15 is 0 Å². The Labute approximate surface area is 106 Å². The SMILES string of the molecule is CNC(=S)NC1Cc2[nH]c3ccccc3c2C1. The molecule has 0 spiro atoms. The Morgan fingerprint density at radius 2 is 2.18 bits per heavy atom. The zero-order chi connectivity index (χ0) is 11.8. The van der Waals surface area contributed by atoms with E-state index in [1.165, 1.54) is 22.2 Å². The van der Waals surface area contributed by atoms with Gasteiger partial charge in [-0.2, -0.15) is 0 Å². The summed E-state index contributed by atoms with van der Waals surface area (Å²) in [5.41, 5.74) is 4.03. The van der Waals surface area contributed by atoms with Crippen LogP contribution in [0.3, 0.4) is 0 Å². The van der Waals surface area contributed by atoms with Gasteiger partial charge in [0.15, 0.2) is 5.11 Å². The van der Waals surface area contributed by atoms with E-state index in [-0.39, 0.29) is 0 Å². The maximum atomic E-state index is 5.14. The first kappa shape index (κ1) is 10.6. The Bertz CT molecular complexity index is 573. The van der Waals surface area contributed by atoms with E-state index in [9.17, 15) is 0 Å². The first-order valence-electron chi connectivity index (χ1n) is 5.84. The fourth-order valence-corrected chi connectivity index (χ4v) is 2.75. The molecular formula is C13H15N3S. The molecule has 1 unspecified atom stereocenters. The fraction of sp³-hybridized carbons (Fsp3) is 0.308. The highest BCUT2D eigenvalue weighted by molar-refractivity contribution is 7.80. The second-order valence-electron chi connectivity index (χ2n) is 4.46. The topological polar surface area (TPSA) is 39.8 Å². The minimum absolute atomic E-state index is 0.417. The summed E-state index contributed by atoms with van der Waals surface area (Å²) in [5.74, 6) is 0. The van der Waals surface area contributed by atoms with Gasteiger partial charge in [0.1, 0.15) is 0 Å². The Hall–Kier alpha value is -1.55. The van der Waals surface area contributed by atoms with Crippen molar-refractivity contribution in [2.24, 2.45) is 0 Å². The van der Waals surface area contributed by atoms with Crippen molar-refractivity contribution in [3.8, 4) is 0 Å². The largest absolute Gasteiger partial charge is 0.366 e. The van der Waals surface area contributed by atoms with Crippen LogP contribution < -0.4 is 10.6 Å². The summed E-state index contributed by atoms with van der Waals surface area (Å²) < 4.78 is 0. The molecule has 0 saturated heterocycles. The van der Waals surface area contributed by atoms with Crippen LogP contribution in [0.5, 0.6) is 0 Å². The van der Waals surface area contributed by atoms with Crippen molar-refractivity contribution in [3.05, 3.63) is 35.5 Å². The number of para-hydroxylation sites is 1. The highest BCUT2D eigenvalue weighted by atomic mass is 32.1. The van der Waals surface area contributed by atoms with E-state index in [2.05, 4.69) is 39.9 Å². The van der Waals surface area contributed by atoms with Crippen LogP contribution in [0.4, 0.5) is 0 Å². The standard InChI is InChI=1S/C13H15N3S/c1-14-13(17)15-8-6-10-9-4-2-3-5-11(9)16-12(10)7-8/h2-5,8,16H,6-7H2,1H3,(H2,14,15,17). The molecule has 1 aliphatic rings. The Kier molecular flexibility index (Phi) is 2.52. The van der Waals surface area contributed by atoms with Crippen molar-refractivity contribution in [2.75, 3.05) is 7.05 Å². The molecule has 0 amide bonds. The molecule has 1 atom stereocenters. The van der Waals surface area contributed by atoms with E-state index in [0.717, 1.165) is 18.0 Å². The molecule has 1 aliphatic carbocycles. The predicted octanol–water partition coefficient (Wildman–Crippen LogP) is 1.73.